The SMILES string of the molecule is CCC(CNc1nc(Cl)cs1)C(=O)O. The summed E-state index contributed by atoms with van der Waals surface area (Å²) < 4.78 is 0. The molecular formula is C8H11ClN2O2S. The van der Waals surface area contributed by atoms with Crippen LogP contribution in [0, 0.1) is 5.92 Å². The second kappa shape index (κ2) is 5.17. The molecule has 0 saturated carbocycles. The minimum absolute atomic E-state index is 0.377. The molecule has 0 saturated heterocycles. The van der Waals surface area contributed by atoms with Crippen LogP contribution in [-0.4, -0.2) is 22.6 Å². The Kier molecular flexibility index (Phi) is 4.16. The number of carbonyl (C=O) groups is 1. The molecule has 0 amide bonds. The largest absolute Gasteiger partial charge is 0.481 e. The second-order valence-corrected chi connectivity index (χ2v) is 4.05. The third-order valence-corrected chi connectivity index (χ3v) is 2.94. The van der Waals surface area contributed by atoms with Gasteiger partial charge in [0.15, 0.2) is 5.13 Å². The molecule has 1 unspecified atom stereocenters. The van der Waals surface area contributed by atoms with E-state index in [2.05, 4.69) is 10.3 Å². The minimum atomic E-state index is -0.789. The molecular weight excluding hydrogens is 224 g/mol. The van der Waals surface area contributed by atoms with E-state index in [0.717, 1.165) is 0 Å². The maximum atomic E-state index is 10.7. The number of rotatable bonds is 5. The molecule has 1 rings (SSSR count). The number of hydrogen-bond donors (Lipinski definition) is 2. The molecule has 1 aromatic rings. The lowest BCUT2D eigenvalue weighted by Crippen LogP contribution is -2.21. The first-order valence-corrected chi connectivity index (χ1v) is 5.47. The van der Waals surface area contributed by atoms with Gasteiger partial charge in [-0.3, -0.25) is 4.79 Å². The van der Waals surface area contributed by atoms with Gasteiger partial charge in [0.25, 0.3) is 0 Å². The van der Waals surface area contributed by atoms with E-state index in [4.69, 9.17) is 16.7 Å². The molecule has 0 spiro atoms. The van der Waals surface area contributed by atoms with Crippen molar-refractivity contribution in [1.82, 2.24) is 4.98 Å². The van der Waals surface area contributed by atoms with Gasteiger partial charge >= 0.3 is 5.97 Å². The predicted octanol–water partition coefficient (Wildman–Crippen LogP) is 2.32. The van der Waals surface area contributed by atoms with E-state index >= 15 is 0 Å². The fourth-order valence-electron chi connectivity index (χ4n) is 0.952. The van der Waals surface area contributed by atoms with Crippen molar-refractivity contribution in [3.63, 3.8) is 0 Å². The standard InChI is InChI=1S/C8H11ClN2O2S/c1-2-5(7(12)13)3-10-8-11-6(9)4-14-8/h4-5H,2-3H2,1H3,(H,10,11)(H,12,13). The van der Waals surface area contributed by atoms with Crippen molar-refractivity contribution in [1.29, 1.82) is 0 Å². The van der Waals surface area contributed by atoms with E-state index < -0.39 is 5.97 Å². The Hall–Kier alpha value is -0.810. The molecule has 0 aliphatic heterocycles. The molecule has 0 bridgehead atoms. The highest BCUT2D eigenvalue weighted by Crippen LogP contribution is 2.19. The number of aliphatic carboxylic acids is 1. The first-order chi connectivity index (χ1) is 6.63. The first kappa shape index (κ1) is 11.3. The van der Waals surface area contributed by atoms with Crippen LogP contribution in [0.3, 0.4) is 0 Å². The van der Waals surface area contributed by atoms with E-state index in [1.807, 2.05) is 6.92 Å². The highest BCUT2D eigenvalue weighted by atomic mass is 35.5. The average molecular weight is 235 g/mol. The van der Waals surface area contributed by atoms with E-state index in [1.165, 1.54) is 11.3 Å². The summed E-state index contributed by atoms with van der Waals surface area (Å²) in [6.45, 7) is 2.23. The normalized spacial score (nSPS) is 12.4. The van der Waals surface area contributed by atoms with E-state index in [1.54, 1.807) is 5.38 Å². The summed E-state index contributed by atoms with van der Waals surface area (Å²) in [5.41, 5.74) is 0. The Morgan fingerprint density at radius 3 is 3.00 bits per heavy atom. The van der Waals surface area contributed by atoms with Gasteiger partial charge in [-0.15, -0.1) is 11.3 Å². The Morgan fingerprint density at radius 2 is 2.57 bits per heavy atom. The highest BCUT2D eigenvalue weighted by Gasteiger charge is 2.14. The Bertz CT molecular complexity index is 316. The minimum Gasteiger partial charge on any atom is -0.481 e. The molecule has 6 heteroatoms. The first-order valence-electron chi connectivity index (χ1n) is 4.21. The van der Waals surface area contributed by atoms with Gasteiger partial charge in [0, 0.05) is 11.9 Å². The fourth-order valence-corrected chi connectivity index (χ4v) is 1.80. The lowest BCUT2D eigenvalue weighted by atomic mass is 10.1. The molecule has 1 heterocycles. The van der Waals surface area contributed by atoms with E-state index in [-0.39, 0.29) is 5.92 Å². The summed E-state index contributed by atoms with van der Waals surface area (Å²) in [7, 11) is 0. The molecule has 1 aromatic heterocycles. The van der Waals surface area contributed by atoms with Crippen LogP contribution >= 0.6 is 22.9 Å². The van der Waals surface area contributed by atoms with Crippen LogP contribution in [-0.2, 0) is 4.79 Å². The third kappa shape index (κ3) is 3.16. The Labute approximate surface area is 90.9 Å². The number of nitrogens with one attached hydrogen (secondary N) is 1. The quantitative estimate of drug-likeness (QED) is 0.821. The number of aromatic nitrogens is 1. The summed E-state index contributed by atoms with van der Waals surface area (Å²) in [6.07, 6.45) is 0.599. The van der Waals surface area contributed by atoms with Crippen molar-refractivity contribution in [2.75, 3.05) is 11.9 Å². The zero-order valence-electron chi connectivity index (χ0n) is 7.66. The number of thiazole rings is 1. The summed E-state index contributed by atoms with van der Waals surface area (Å²) in [6, 6.07) is 0. The van der Waals surface area contributed by atoms with Gasteiger partial charge in [0.1, 0.15) is 5.15 Å². The van der Waals surface area contributed by atoms with E-state index in [9.17, 15) is 4.79 Å². The Morgan fingerprint density at radius 1 is 1.86 bits per heavy atom. The van der Waals surface area contributed by atoms with Gasteiger partial charge in [0.05, 0.1) is 5.92 Å². The number of nitrogens with zero attached hydrogens (tertiary/aromatic N) is 1. The molecule has 4 nitrogen and oxygen atoms in total. The molecule has 2 N–H and O–H groups in total. The molecule has 78 valence electrons. The number of anilines is 1. The topological polar surface area (TPSA) is 62.2 Å². The molecule has 0 aromatic carbocycles. The van der Waals surface area contributed by atoms with Crippen LogP contribution in [0.1, 0.15) is 13.3 Å². The summed E-state index contributed by atoms with van der Waals surface area (Å²) >= 11 is 6.98. The summed E-state index contributed by atoms with van der Waals surface area (Å²) in [5.74, 6) is -1.17. The zero-order chi connectivity index (χ0) is 10.6. The van der Waals surface area contributed by atoms with Gasteiger partial charge in [0.2, 0.25) is 0 Å². The highest BCUT2D eigenvalue weighted by molar-refractivity contribution is 7.14. The van der Waals surface area contributed by atoms with Crippen molar-refractivity contribution in [2.24, 2.45) is 5.92 Å². The zero-order valence-corrected chi connectivity index (χ0v) is 9.23. The van der Waals surface area contributed by atoms with Crippen LogP contribution < -0.4 is 5.32 Å². The smallest absolute Gasteiger partial charge is 0.308 e. The van der Waals surface area contributed by atoms with Crippen LogP contribution in [0.2, 0.25) is 5.15 Å². The van der Waals surface area contributed by atoms with Crippen molar-refractivity contribution >= 4 is 34.0 Å². The number of hydrogen-bond acceptors (Lipinski definition) is 4. The predicted molar refractivity (Wildman–Crippen MR) is 57.0 cm³/mol. The number of carboxylic acid groups (broad SMARTS) is 1. The summed E-state index contributed by atoms with van der Waals surface area (Å²) in [4.78, 5) is 14.6. The van der Waals surface area contributed by atoms with Crippen LogP contribution in [0.5, 0.6) is 0 Å². The molecule has 0 radical (unpaired) electrons. The molecule has 1 atom stereocenters. The lowest BCUT2D eigenvalue weighted by Gasteiger charge is -2.09. The Balaban J connectivity index is 2.43. The van der Waals surface area contributed by atoms with Gasteiger partial charge in [-0.2, -0.15) is 0 Å². The van der Waals surface area contributed by atoms with E-state index in [0.29, 0.717) is 23.3 Å². The maximum Gasteiger partial charge on any atom is 0.308 e. The average Bonchev–Trinajstić information content (AvgIpc) is 2.52. The third-order valence-electron chi connectivity index (χ3n) is 1.82. The van der Waals surface area contributed by atoms with Gasteiger partial charge < -0.3 is 10.4 Å². The monoisotopic (exact) mass is 234 g/mol. The van der Waals surface area contributed by atoms with Gasteiger partial charge in [-0.05, 0) is 6.42 Å². The number of halogens is 1. The van der Waals surface area contributed by atoms with Gasteiger partial charge in [-0.25, -0.2) is 4.98 Å². The summed E-state index contributed by atoms with van der Waals surface area (Å²) in [5, 5.41) is 14.5. The van der Waals surface area contributed by atoms with Crippen LogP contribution in [0.15, 0.2) is 5.38 Å². The van der Waals surface area contributed by atoms with Gasteiger partial charge in [-0.1, -0.05) is 18.5 Å². The second-order valence-electron chi connectivity index (χ2n) is 2.80. The van der Waals surface area contributed by atoms with Crippen LogP contribution in [0.25, 0.3) is 0 Å². The maximum absolute atomic E-state index is 10.7. The number of carboxylic acids is 1. The lowest BCUT2D eigenvalue weighted by molar-refractivity contribution is -0.141. The van der Waals surface area contributed by atoms with Crippen molar-refractivity contribution in [2.45, 2.75) is 13.3 Å². The molecule has 14 heavy (non-hydrogen) atoms. The molecule has 0 aliphatic rings. The van der Waals surface area contributed by atoms with Crippen molar-refractivity contribution < 1.29 is 9.90 Å². The molecule has 0 aliphatic carbocycles. The fraction of sp³-hybridized carbons (Fsp3) is 0.500. The molecule has 0 fully saturated rings. The van der Waals surface area contributed by atoms with Crippen LogP contribution in [0.4, 0.5) is 5.13 Å². The van der Waals surface area contributed by atoms with Crippen molar-refractivity contribution in [3.8, 4) is 0 Å². The van der Waals surface area contributed by atoms with Crippen molar-refractivity contribution in [3.05, 3.63) is 10.5 Å².